The van der Waals surface area contributed by atoms with Gasteiger partial charge in [-0.25, -0.2) is 0 Å². The zero-order valence-corrected chi connectivity index (χ0v) is 8.94. The standard InChI is InChI=1S/C10H15NO2S/c14-9-5-7-1-2-8(11-9)10(6-7)12-3-4-13-10/h7-8H,1-6H2,(H,11,14). The van der Waals surface area contributed by atoms with Gasteiger partial charge in [0.15, 0.2) is 5.79 Å². The molecule has 4 aliphatic rings. The minimum absolute atomic E-state index is 0.288. The fourth-order valence-electron chi connectivity index (χ4n) is 2.93. The highest BCUT2D eigenvalue weighted by Gasteiger charge is 2.50. The SMILES string of the molecule is S=C1CC2CCC(N1)C1(C2)OCCO1. The lowest BCUT2D eigenvalue weighted by Crippen LogP contribution is -2.53. The highest BCUT2D eigenvalue weighted by atomic mass is 32.1. The lowest BCUT2D eigenvalue weighted by atomic mass is 9.82. The number of hydrogen-bond acceptors (Lipinski definition) is 3. The molecule has 0 amide bonds. The fourth-order valence-corrected chi connectivity index (χ4v) is 3.31. The van der Waals surface area contributed by atoms with Crippen LogP contribution in [0.2, 0.25) is 0 Å². The minimum Gasteiger partial charge on any atom is -0.371 e. The molecule has 14 heavy (non-hydrogen) atoms. The number of rotatable bonds is 0. The van der Waals surface area contributed by atoms with Gasteiger partial charge in [0.05, 0.1) is 24.2 Å². The Bertz CT molecular complexity index is 263. The predicted molar refractivity (Wildman–Crippen MR) is 56.1 cm³/mol. The highest BCUT2D eigenvalue weighted by molar-refractivity contribution is 7.80. The largest absolute Gasteiger partial charge is 0.371 e. The number of nitrogens with one attached hydrogen (secondary N) is 1. The van der Waals surface area contributed by atoms with Crippen LogP contribution in [0.4, 0.5) is 0 Å². The van der Waals surface area contributed by atoms with Crippen LogP contribution in [0.1, 0.15) is 25.7 Å². The average Bonchev–Trinajstić information content (AvgIpc) is 2.46. The Labute approximate surface area is 89.1 Å². The zero-order chi connectivity index (χ0) is 9.60. The van der Waals surface area contributed by atoms with Crippen LogP contribution in [-0.4, -0.2) is 30.0 Å². The Kier molecular flexibility index (Phi) is 2.04. The van der Waals surface area contributed by atoms with Crippen molar-refractivity contribution in [3.05, 3.63) is 0 Å². The summed E-state index contributed by atoms with van der Waals surface area (Å²) >= 11 is 5.28. The molecule has 3 nitrogen and oxygen atoms in total. The molecule has 0 radical (unpaired) electrons. The molecule has 1 aliphatic carbocycles. The Morgan fingerprint density at radius 2 is 2.07 bits per heavy atom. The van der Waals surface area contributed by atoms with Crippen LogP contribution in [0, 0.1) is 5.92 Å². The molecule has 3 saturated heterocycles. The van der Waals surface area contributed by atoms with E-state index in [2.05, 4.69) is 5.32 Å². The van der Waals surface area contributed by atoms with Crippen molar-refractivity contribution in [2.24, 2.45) is 5.92 Å². The maximum atomic E-state index is 5.80. The topological polar surface area (TPSA) is 30.5 Å². The summed E-state index contributed by atoms with van der Waals surface area (Å²) < 4.78 is 11.6. The molecule has 78 valence electrons. The van der Waals surface area contributed by atoms with Crippen molar-refractivity contribution >= 4 is 17.2 Å². The first-order valence-corrected chi connectivity index (χ1v) is 5.77. The first kappa shape index (κ1) is 9.07. The van der Waals surface area contributed by atoms with Crippen LogP contribution >= 0.6 is 12.2 Å². The highest BCUT2D eigenvalue weighted by Crippen LogP contribution is 2.42. The van der Waals surface area contributed by atoms with E-state index in [0.717, 1.165) is 37.5 Å². The van der Waals surface area contributed by atoms with Crippen LogP contribution < -0.4 is 5.32 Å². The molecule has 3 aliphatic heterocycles. The lowest BCUT2D eigenvalue weighted by molar-refractivity contribution is -0.198. The molecule has 2 bridgehead atoms. The quantitative estimate of drug-likeness (QED) is 0.613. The summed E-state index contributed by atoms with van der Waals surface area (Å²) in [4.78, 5) is 0.994. The summed E-state index contributed by atoms with van der Waals surface area (Å²) in [6.07, 6.45) is 4.42. The van der Waals surface area contributed by atoms with Crippen LogP contribution in [-0.2, 0) is 9.47 Å². The van der Waals surface area contributed by atoms with Gasteiger partial charge in [0.25, 0.3) is 0 Å². The van der Waals surface area contributed by atoms with E-state index in [4.69, 9.17) is 21.7 Å². The Hall–Kier alpha value is -0.190. The van der Waals surface area contributed by atoms with E-state index in [1.165, 1.54) is 6.42 Å². The fraction of sp³-hybridized carbons (Fsp3) is 0.900. The van der Waals surface area contributed by atoms with Crippen LogP contribution in [0.5, 0.6) is 0 Å². The number of fused-ring (bicyclic) bond motifs is 3. The molecule has 2 unspecified atom stereocenters. The predicted octanol–water partition coefficient (Wildman–Crippen LogP) is 1.22. The molecule has 4 rings (SSSR count). The molecule has 1 N–H and O–H groups in total. The van der Waals surface area contributed by atoms with E-state index >= 15 is 0 Å². The first-order chi connectivity index (χ1) is 6.78. The van der Waals surface area contributed by atoms with E-state index in [1.807, 2.05) is 0 Å². The van der Waals surface area contributed by atoms with Crippen LogP contribution in [0.3, 0.4) is 0 Å². The third-order valence-electron chi connectivity index (χ3n) is 3.55. The van der Waals surface area contributed by atoms with Gasteiger partial charge in [-0.3, -0.25) is 0 Å². The van der Waals surface area contributed by atoms with Crippen molar-refractivity contribution in [1.82, 2.24) is 5.32 Å². The molecule has 4 heteroatoms. The van der Waals surface area contributed by atoms with Crippen molar-refractivity contribution in [1.29, 1.82) is 0 Å². The van der Waals surface area contributed by atoms with Gasteiger partial charge in [-0.05, 0) is 18.8 Å². The van der Waals surface area contributed by atoms with Crippen molar-refractivity contribution in [2.45, 2.75) is 37.5 Å². The van der Waals surface area contributed by atoms with Gasteiger partial charge in [0.2, 0.25) is 0 Å². The van der Waals surface area contributed by atoms with Gasteiger partial charge in [-0.1, -0.05) is 12.2 Å². The second-order valence-corrected chi connectivity index (χ2v) is 4.97. The van der Waals surface area contributed by atoms with E-state index in [9.17, 15) is 0 Å². The van der Waals surface area contributed by atoms with Crippen molar-refractivity contribution in [3.63, 3.8) is 0 Å². The number of hydrogen-bond donors (Lipinski definition) is 1. The van der Waals surface area contributed by atoms with Gasteiger partial charge in [0.1, 0.15) is 0 Å². The maximum absolute atomic E-state index is 5.80. The molecule has 3 heterocycles. The molecular formula is C10H15NO2S. The van der Waals surface area contributed by atoms with E-state index in [0.29, 0.717) is 5.92 Å². The third kappa shape index (κ3) is 1.28. The lowest BCUT2D eigenvalue weighted by Gasteiger charge is -2.39. The van der Waals surface area contributed by atoms with Gasteiger partial charge in [-0.2, -0.15) is 0 Å². The van der Waals surface area contributed by atoms with Gasteiger partial charge >= 0.3 is 0 Å². The van der Waals surface area contributed by atoms with Gasteiger partial charge < -0.3 is 14.8 Å². The number of thiocarbonyl (C=S) groups is 1. The molecule has 0 aromatic heterocycles. The summed E-state index contributed by atoms with van der Waals surface area (Å²) in [7, 11) is 0. The molecule has 4 fully saturated rings. The average molecular weight is 213 g/mol. The van der Waals surface area contributed by atoms with Crippen molar-refractivity contribution in [3.8, 4) is 0 Å². The third-order valence-corrected chi connectivity index (χ3v) is 3.84. The van der Waals surface area contributed by atoms with Crippen molar-refractivity contribution in [2.75, 3.05) is 13.2 Å². The second kappa shape index (κ2) is 3.15. The van der Waals surface area contributed by atoms with E-state index < -0.39 is 0 Å². The molecule has 1 spiro atoms. The van der Waals surface area contributed by atoms with Gasteiger partial charge in [-0.15, -0.1) is 0 Å². The Morgan fingerprint density at radius 3 is 2.86 bits per heavy atom. The van der Waals surface area contributed by atoms with Crippen LogP contribution in [0.15, 0.2) is 0 Å². The molecule has 1 saturated carbocycles. The van der Waals surface area contributed by atoms with Crippen LogP contribution in [0.25, 0.3) is 0 Å². The summed E-state index contributed by atoms with van der Waals surface area (Å²) in [6.45, 7) is 1.47. The molecule has 2 atom stereocenters. The van der Waals surface area contributed by atoms with E-state index in [-0.39, 0.29) is 11.8 Å². The Balaban J connectivity index is 1.90. The van der Waals surface area contributed by atoms with E-state index in [1.54, 1.807) is 0 Å². The summed E-state index contributed by atoms with van der Waals surface area (Å²) in [6, 6.07) is 0.288. The van der Waals surface area contributed by atoms with Gasteiger partial charge in [0, 0.05) is 12.8 Å². The second-order valence-electron chi connectivity index (χ2n) is 4.48. The monoisotopic (exact) mass is 213 g/mol. The first-order valence-electron chi connectivity index (χ1n) is 5.36. The summed E-state index contributed by atoms with van der Waals surface area (Å²) in [5, 5.41) is 3.38. The Morgan fingerprint density at radius 1 is 1.29 bits per heavy atom. The smallest absolute Gasteiger partial charge is 0.188 e. The normalized spacial score (nSPS) is 39.9. The number of ether oxygens (including phenoxy) is 2. The molecule has 0 aromatic rings. The van der Waals surface area contributed by atoms with Crippen molar-refractivity contribution < 1.29 is 9.47 Å². The minimum atomic E-state index is -0.344. The molecular weight excluding hydrogens is 198 g/mol. The zero-order valence-electron chi connectivity index (χ0n) is 8.12. The summed E-state index contributed by atoms with van der Waals surface area (Å²) in [5.41, 5.74) is 0. The summed E-state index contributed by atoms with van der Waals surface area (Å²) in [5.74, 6) is 0.315. The molecule has 0 aromatic carbocycles. The maximum Gasteiger partial charge on any atom is 0.188 e.